The Bertz CT molecular complexity index is 1520. The molecule has 3 aromatic rings. The molecule has 10 nitrogen and oxygen atoms in total. The van der Waals surface area contributed by atoms with Gasteiger partial charge in [0.2, 0.25) is 17.7 Å². The molecule has 2 atom stereocenters. The van der Waals surface area contributed by atoms with Gasteiger partial charge in [0.25, 0.3) is 0 Å². The third kappa shape index (κ3) is 8.89. The smallest absolute Gasteiger partial charge is 0.404 e. The summed E-state index contributed by atoms with van der Waals surface area (Å²) in [5, 5.41) is 2.84. The van der Waals surface area contributed by atoms with Gasteiger partial charge in [-0.25, -0.2) is 4.57 Å². The predicted octanol–water partition coefficient (Wildman–Crippen LogP) is 4.93. The Balaban J connectivity index is 1.50. The number of likely N-dealkylation sites (tertiary alicyclic amines) is 1. The van der Waals surface area contributed by atoms with Crippen LogP contribution in [0.2, 0.25) is 0 Å². The molecule has 0 spiro atoms. The van der Waals surface area contributed by atoms with Gasteiger partial charge in [-0.2, -0.15) is 0 Å². The van der Waals surface area contributed by atoms with E-state index in [1.807, 2.05) is 81.4 Å². The molecule has 0 saturated carbocycles. The van der Waals surface area contributed by atoms with Crippen LogP contribution in [-0.2, 0) is 25.5 Å². The maximum atomic E-state index is 14.1. The van der Waals surface area contributed by atoms with Crippen molar-refractivity contribution in [2.75, 3.05) is 11.4 Å². The molecule has 1 aliphatic rings. The highest BCUT2D eigenvalue weighted by molar-refractivity contribution is 7.46. The number of phosphoric acid groups is 1. The second kappa shape index (κ2) is 14.0. The van der Waals surface area contributed by atoms with Crippen LogP contribution in [0.3, 0.4) is 0 Å². The van der Waals surface area contributed by atoms with Crippen molar-refractivity contribution >= 4 is 37.3 Å². The Morgan fingerprint density at radius 1 is 1.00 bits per heavy atom. The molecule has 0 aromatic heterocycles. The normalized spacial score (nSPS) is 16.0. The lowest BCUT2D eigenvalue weighted by molar-refractivity contribution is -0.142. The van der Waals surface area contributed by atoms with Gasteiger partial charge in [0.05, 0.1) is 6.54 Å². The monoisotopic (exact) mass is 619 g/mol. The molecule has 1 saturated heterocycles. The van der Waals surface area contributed by atoms with Gasteiger partial charge in [0.15, 0.2) is 0 Å². The molecule has 3 aromatic carbocycles. The molecule has 3 N–H and O–H groups in total. The first-order chi connectivity index (χ1) is 20.8. The molecule has 1 aliphatic heterocycles. The van der Waals surface area contributed by atoms with E-state index in [4.69, 9.17) is 9.79 Å². The summed E-state index contributed by atoms with van der Waals surface area (Å²) in [6.07, 6.45) is 4.00. The van der Waals surface area contributed by atoms with Crippen molar-refractivity contribution < 1.29 is 33.3 Å². The van der Waals surface area contributed by atoms with Crippen molar-refractivity contribution in [2.45, 2.75) is 52.2 Å². The van der Waals surface area contributed by atoms with E-state index in [1.54, 1.807) is 9.80 Å². The number of anilines is 1. The summed E-state index contributed by atoms with van der Waals surface area (Å²) < 4.78 is 15.6. The van der Waals surface area contributed by atoms with Crippen LogP contribution in [-0.4, -0.2) is 51.0 Å². The lowest BCUT2D eigenvalue weighted by Gasteiger charge is -2.36. The van der Waals surface area contributed by atoms with Gasteiger partial charge in [-0.1, -0.05) is 81.4 Å². The van der Waals surface area contributed by atoms with Crippen molar-refractivity contribution in [3.8, 4) is 5.75 Å². The van der Waals surface area contributed by atoms with Crippen LogP contribution in [0.1, 0.15) is 44.7 Å². The lowest BCUT2D eigenvalue weighted by atomic mass is 9.85. The highest BCUT2D eigenvalue weighted by atomic mass is 31.2. The Morgan fingerprint density at radius 2 is 1.61 bits per heavy atom. The van der Waals surface area contributed by atoms with Crippen molar-refractivity contribution in [3.05, 3.63) is 102 Å². The lowest BCUT2D eigenvalue weighted by Crippen LogP contribution is -2.57. The molecule has 0 aliphatic carbocycles. The van der Waals surface area contributed by atoms with Crippen LogP contribution in [0.4, 0.5) is 5.69 Å². The highest BCUT2D eigenvalue weighted by Crippen LogP contribution is 2.37. The molecule has 0 bridgehead atoms. The first kappa shape index (κ1) is 32.7. The Hall–Kier alpha value is -4.24. The average molecular weight is 620 g/mol. The van der Waals surface area contributed by atoms with Crippen LogP contribution < -0.4 is 14.7 Å². The minimum atomic E-state index is -4.67. The zero-order valence-corrected chi connectivity index (χ0v) is 25.9. The summed E-state index contributed by atoms with van der Waals surface area (Å²) >= 11 is 0. The number of nitrogens with zero attached hydrogens (tertiary/aromatic N) is 2. The van der Waals surface area contributed by atoms with Crippen molar-refractivity contribution in [1.82, 2.24) is 10.2 Å². The van der Waals surface area contributed by atoms with Crippen LogP contribution >= 0.6 is 7.82 Å². The SMILES string of the molecule is CC(C)(C)[C@H](NC(=O)/C=C/c1ccc(OP(=O)(O)O)cc1)C(=O)N1CCC[C@H]1C(=O)N(Cc1ccccc1)c1ccccc1. The number of hydrogen-bond acceptors (Lipinski definition) is 5. The summed E-state index contributed by atoms with van der Waals surface area (Å²) in [5.41, 5.74) is 1.65. The van der Waals surface area contributed by atoms with E-state index in [1.165, 1.54) is 36.4 Å². The Morgan fingerprint density at radius 3 is 2.20 bits per heavy atom. The van der Waals surface area contributed by atoms with Crippen molar-refractivity contribution in [1.29, 1.82) is 0 Å². The van der Waals surface area contributed by atoms with E-state index >= 15 is 0 Å². The number of rotatable bonds is 10. The average Bonchev–Trinajstić information content (AvgIpc) is 3.47. The second-order valence-electron chi connectivity index (χ2n) is 11.7. The number of para-hydroxylation sites is 1. The Labute approximate surface area is 257 Å². The molecule has 44 heavy (non-hydrogen) atoms. The Kier molecular flexibility index (Phi) is 10.4. The maximum absolute atomic E-state index is 14.1. The van der Waals surface area contributed by atoms with E-state index in [9.17, 15) is 18.9 Å². The molecular formula is C33H38N3O7P. The largest absolute Gasteiger partial charge is 0.524 e. The van der Waals surface area contributed by atoms with Gasteiger partial charge in [0.1, 0.15) is 17.8 Å². The number of nitrogens with one attached hydrogen (secondary N) is 1. The summed E-state index contributed by atoms with van der Waals surface area (Å²) in [4.78, 5) is 62.3. The number of phosphoric ester groups is 1. The van der Waals surface area contributed by atoms with Crippen molar-refractivity contribution in [3.63, 3.8) is 0 Å². The summed E-state index contributed by atoms with van der Waals surface area (Å²) in [6, 6.07) is 23.4. The molecular weight excluding hydrogens is 581 g/mol. The molecule has 0 unspecified atom stereocenters. The minimum absolute atomic E-state index is 0.0114. The van der Waals surface area contributed by atoms with E-state index in [2.05, 4.69) is 9.84 Å². The number of carbonyl (C=O) groups excluding carboxylic acids is 3. The quantitative estimate of drug-likeness (QED) is 0.216. The molecule has 3 amide bonds. The second-order valence-corrected chi connectivity index (χ2v) is 12.9. The van der Waals surface area contributed by atoms with Gasteiger partial charge in [-0.15, -0.1) is 0 Å². The number of amides is 3. The van der Waals surface area contributed by atoms with Gasteiger partial charge in [-0.05, 0) is 59.7 Å². The van der Waals surface area contributed by atoms with Gasteiger partial charge in [-0.3, -0.25) is 24.2 Å². The van der Waals surface area contributed by atoms with E-state index in [0.29, 0.717) is 31.5 Å². The zero-order valence-electron chi connectivity index (χ0n) is 25.0. The van der Waals surface area contributed by atoms with E-state index in [0.717, 1.165) is 11.3 Å². The molecule has 0 radical (unpaired) electrons. The topological polar surface area (TPSA) is 136 Å². The number of carbonyl (C=O) groups is 3. The fourth-order valence-electron chi connectivity index (χ4n) is 5.09. The summed E-state index contributed by atoms with van der Waals surface area (Å²) in [5.74, 6) is -0.994. The number of hydrogen-bond donors (Lipinski definition) is 3. The van der Waals surface area contributed by atoms with Crippen LogP contribution in [0.15, 0.2) is 91.0 Å². The first-order valence-corrected chi connectivity index (χ1v) is 15.9. The van der Waals surface area contributed by atoms with Crippen LogP contribution in [0.25, 0.3) is 6.08 Å². The molecule has 11 heteroatoms. The fraction of sp³-hybridized carbons (Fsp3) is 0.303. The summed E-state index contributed by atoms with van der Waals surface area (Å²) in [6.45, 7) is 6.34. The predicted molar refractivity (Wildman–Crippen MR) is 168 cm³/mol. The fourth-order valence-corrected chi connectivity index (χ4v) is 5.49. The molecule has 4 rings (SSSR count). The third-order valence-electron chi connectivity index (χ3n) is 7.27. The van der Waals surface area contributed by atoms with E-state index in [-0.39, 0.29) is 17.6 Å². The van der Waals surface area contributed by atoms with Gasteiger partial charge >= 0.3 is 7.82 Å². The molecule has 1 fully saturated rings. The third-order valence-corrected chi connectivity index (χ3v) is 7.72. The van der Waals surface area contributed by atoms with E-state index < -0.39 is 31.2 Å². The number of benzene rings is 3. The van der Waals surface area contributed by atoms with Crippen LogP contribution in [0.5, 0.6) is 5.75 Å². The van der Waals surface area contributed by atoms with Gasteiger partial charge in [0, 0.05) is 18.3 Å². The highest BCUT2D eigenvalue weighted by Gasteiger charge is 2.43. The summed E-state index contributed by atoms with van der Waals surface area (Å²) in [7, 11) is -4.67. The molecule has 232 valence electrons. The van der Waals surface area contributed by atoms with Crippen LogP contribution in [0, 0.1) is 5.41 Å². The minimum Gasteiger partial charge on any atom is -0.404 e. The van der Waals surface area contributed by atoms with Crippen molar-refractivity contribution in [2.24, 2.45) is 5.41 Å². The maximum Gasteiger partial charge on any atom is 0.524 e. The zero-order chi connectivity index (χ0) is 31.9. The molecule has 1 heterocycles. The first-order valence-electron chi connectivity index (χ1n) is 14.4. The van der Waals surface area contributed by atoms with Gasteiger partial charge < -0.3 is 19.6 Å². The standard InChI is InChI=1S/C33H38N3O7P/c1-33(2,3)30(34-29(37)21-18-24-16-19-27(20-17-24)43-44(40,41)42)32(39)35-22-10-15-28(35)31(38)36(26-13-8-5-9-14-26)23-25-11-6-4-7-12-25/h4-9,11-14,16-21,28,30H,10,15,22-23H2,1-3H3,(H,34,37)(H2,40,41,42)/b21-18+/t28-,30+/m0/s1.